The largest absolute Gasteiger partial charge is 0.401 e. The number of rotatable bonds is 4. The molecule has 102 valence electrons. The Morgan fingerprint density at radius 1 is 1.33 bits per heavy atom. The predicted octanol–water partition coefficient (Wildman–Crippen LogP) is 2.84. The van der Waals surface area contributed by atoms with Crippen LogP contribution in [0.2, 0.25) is 5.02 Å². The summed E-state index contributed by atoms with van der Waals surface area (Å²) in [6.45, 7) is -0.466. The Morgan fingerprint density at radius 3 is 2.39 bits per heavy atom. The molecule has 0 heterocycles. The smallest absolute Gasteiger partial charge is 0.394 e. The van der Waals surface area contributed by atoms with Crippen LogP contribution in [0, 0.1) is 5.82 Å². The fourth-order valence-corrected chi connectivity index (χ4v) is 1.56. The molecule has 1 rings (SSSR count). The molecule has 0 aromatic heterocycles. The van der Waals surface area contributed by atoms with Gasteiger partial charge in [-0.15, -0.1) is 0 Å². The number of alkyl halides is 3. The van der Waals surface area contributed by atoms with Crippen LogP contribution in [0.3, 0.4) is 0 Å². The lowest BCUT2D eigenvalue weighted by Gasteiger charge is -2.30. The van der Waals surface area contributed by atoms with Crippen molar-refractivity contribution in [3.8, 4) is 0 Å². The highest BCUT2D eigenvalue weighted by atomic mass is 35.5. The third-order valence-electron chi connectivity index (χ3n) is 2.55. The van der Waals surface area contributed by atoms with Gasteiger partial charge in [0.25, 0.3) is 0 Å². The summed E-state index contributed by atoms with van der Waals surface area (Å²) in [4.78, 5) is 0. The van der Waals surface area contributed by atoms with Gasteiger partial charge in [0.2, 0.25) is 0 Å². The van der Waals surface area contributed by atoms with E-state index in [0.29, 0.717) is 0 Å². The molecule has 0 saturated carbocycles. The SMILES string of the molecule is CC(CO)(NCC(F)(F)F)c1ccc(F)c(Cl)c1. The third kappa shape index (κ3) is 3.83. The number of aliphatic hydroxyl groups excluding tert-OH is 1. The summed E-state index contributed by atoms with van der Waals surface area (Å²) < 4.78 is 49.4. The van der Waals surface area contributed by atoms with E-state index in [1.165, 1.54) is 19.1 Å². The van der Waals surface area contributed by atoms with Crippen molar-refractivity contribution in [1.29, 1.82) is 0 Å². The lowest BCUT2D eigenvalue weighted by atomic mass is 9.93. The van der Waals surface area contributed by atoms with Gasteiger partial charge in [-0.2, -0.15) is 13.2 Å². The minimum Gasteiger partial charge on any atom is -0.394 e. The van der Waals surface area contributed by atoms with E-state index in [-0.39, 0.29) is 10.6 Å². The highest BCUT2D eigenvalue weighted by Gasteiger charge is 2.33. The molecule has 1 aromatic rings. The molecule has 18 heavy (non-hydrogen) atoms. The molecule has 0 bridgehead atoms. The van der Waals surface area contributed by atoms with Crippen molar-refractivity contribution >= 4 is 11.6 Å². The van der Waals surface area contributed by atoms with Crippen molar-refractivity contribution in [3.63, 3.8) is 0 Å². The van der Waals surface area contributed by atoms with E-state index in [4.69, 9.17) is 11.6 Å². The second-order valence-electron chi connectivity index (χ2n) is 4.09. The van der Waals surface area contributed by atoms with Crippen LogP contribution >= 0.6 is 11.6 Å². The molecule has 0 aliphatic rings. The summed E-state index contributed by atoms with van der Waals surface area (Å²) in [6.07, 6.45) is -4.40. The van der Waals surface area contributed by atoms with E-state index >= 15 is 0 Å². The quantitative estimate of drug-likeness (QED) is 0.834. The second-order valence-corrected chi connectivity index (χ2v) is 4.50. The van der Waals surface area contributed by atoms with Crippen LogP contribution in [0.4, 0.5) is 17.6 Å². The van der Waals surface area contributed by atoms with Gasteiger partial charge in [0.15, 0.2) is 0 Å². The molecule has 1 atom stereocenters. The molecule has 0 aliphatic heterocycles. The first-order valence-corrected chi connectivity index (χ1v) is 5.44. The summed E-state index contributed by atoms with van der Waals surface area (Å²) in [5.41, 5.74) is -1.06. The first kappa shape index (κ1) is 15.2. The molecular formula is C11H12ClF4NO. The predicted molar refractivity (Wildman–Crippen MR) is 59.9 cm³/mol. The minimum atomic E-state index is -4.40. The molecule has 7 heteroatoms. The van der Waals surface area contributed by atoms with Gasteiger partial charge in [0.05, 0.1) is 23.7 Å². The Morgan fingerprint density at radius 2 is 1.94 bits per heavy atom. The number of hydrogen-bond acceptors (Lipinski definition) is 2. The fraction of sp³-hybridized carbons (Fsp3) is 0.455. The van der Waals surface area contributed by atoms with Crippen molar-refractivity contribution in [2.75, 3.05) is 13.2 Å². The number of hydrogen-bond donors (Lipinski definition) is 2. The van der Waals surface area contributed by atoms with Gasteiger partial charge in [-0.05, 0) is 24.6 Å². The highest BCUT2D eigenvalue weighted by molar-refractivity contribution is 6.30. The maximum Gasteiger partial charge on any atom is 0.401 e. The van der Waals surface area contributed by atoms with Crippen molar-refractivity contribution in [2.45, 2.75) is 18.6 Å². The first-order chi connectivity index (χ1) is 8.18. The van der Waals surface area contributed by atoms with Gasteiger partial charge < -0.3 is 5.11 Å². The van der Waals surface area contributed by atoms with E-state index in [0.717, 1.165) is 6.07 Å². The zero-order valence-corrected chi connectivity index (χ0v) is 10.2. The van der Waals surface area contributed by atoms with Gasteiger partial charge in [-0.1, -0.05) is 17.7 Å². The molecule has 0 amide bonds. The van der Waals surface area contributed by atoms with Gasteiger partial charge in [0, 0.05) is 0 Å². The van der Waals surface area contributed by atoms with Crippen molar-refractivity contribution in [3.05, 3.63) is 34.6 Å². The van der Waals surface area contributed by atoms with E-state index in [9.17, 15) is 22.7 Å². The number of benzene rings is 1. The molecule has 2 N–H and O–H groups in total. The molecule has 1 aromatic carbocycles. The molecule has 0 saturated heterocycles. The van der Waals surface area contributed by atoms with Crippen molar-refractivity contribution < 1.29 is 22.7 Å². The van der Waals surface area contributed by atoms with E-state index in [1.54, 1.807) is 0 Å². The fourth-order valence-electron chi connectivity index (χ4n) is 1.38. The summed E-state index contributed by atoms with van der Waals surface area (Å²) in [6, 6.07) is 3.51. The van der Waals surface area contributed by atoms with E-state index < -0.39 is 30.7 Å². The molecule has 0 fully saturated rings. The van der Waals surface area contributed by atoms with Crippen LogP contribution in [-0.2, 0) is 5.54 Å². The average Bonchev–Trinajstić information content (AvgIpc) is 2.28. The lowest BCUT2D eigenvalue weighted by Crippen LogP contribution is -2.47. The third-order valence-corrected chi connectivity index (χ3v) is 2.84. The van der Waals surface area contributed by atoms with Crippen LogP contribution < -0.4 is 5.32 Å². The maximum atomic E-state index is 13.0. The lowest BCUT2D eigenvalue weighted by molar-refractivity contribution is -0.129. The Labute approximate surface area is 107 Å². The number of nitrogens with one attached hydrogen (secondary N) is 1. The van der Waals surface area contributed by atoms with Gasteiger partial charge >= 0.3 is 6.18 Å². The zero-order chi connectivity index (χ0) is 14.0. The number of halogens is 5. The zero-order valence-electron chi connectivity index (χ0n) is 9.48. The monoisotopic (exact) mass is 285 g/mol. The van der Waals surface area contributed by atoms with E-state index in [1.807, 2.05) is 0 Å². The molecule has 0 spiro atoms. The number of aliphatic hydroxyl groups is 1. The summed E-state index contributed by atoms with van der Waals surface area (Å²) >= 11 is 5.56. The summed E-state index contributed by atoms with van der Waals surface area (Å²) in [5.74, 6) is -0.670. The molecule has 0 radical (unpaired) electrons. The molecule has 2 nitrogen and oxygen atoms in total. The van der Waals surface area contributed by atoms with Crippen molar-refractivity contribution in [2.24, 2.45) is 0 Å². The highest BCUT2D eigenvalue weighted by Crippen LogP contribution is 2.26. The second kappa shape index (κ2) is 5.42. The van der Waals surface area contributed by atoms with Crippen LogP contribution in [0.1, 0.15) is 12.5 Å². The first-order valence-electron chi connectivity index (χ1n) is 5.06. The Bertz CT molecular complexity index is 424. The standard InChI is InChI=1S/C11H12ClF4NO/c1-10(6-18,17-5-11(14,15)16)7-2-3-9(13)8(12)4-7/h2-4,17-18H,5-6H2,1H3. The Kier molecular flexibility index (Phi) is 4.58. The molecule has 1 unspecified atom stereocenters. The van der Waals surface area contributed by atoms with Gasteiger partial charge in [0.1, 0.15) is 5.82 Å². The molecule has 0 aliphatic carbocycles. The van der Waals surface area contributed by atoms with Crippen LogP contribution in [0.5, 0.6) is 0 Å². The Hall–Kier alpha value is -0.850. The minimum absolute atomic E-state index is 0.207. The normalized spacial score (nSPS) is 15.5. The summed E-state index contributed by atoms with van der Waals surface area (Å²) in [5, 5.41) is 11.2. The van der Waals surface area contributed by atoms with Gasteiger partial charge in [-0.3, -0.25) is 5.32 Å². The van der Waals surface area contributed by atoms with Gasteiger partial charge in [-0.25, -0.2) is 4.39 Å². The summed E-state index contributed by atoms with van der Waals surface area (Å²) in [7, 11) is 0. The van der Waals surface area contributed by atoms with Crippen LogP contribution in [0.25, 0.3) is 0 Å². The van der Waals surface area contributed by atoms with Crippen LogP contribution in [-0.4, -0.2) is 24.4 Å². The van der Waals surface area contributed by atoms with Crippen LogP contribution in [0.15, 0.2) is 18.2 Å². The van der Waals surface area contributed by atoms with Crippen molar-refractivity contribution in [1.82, 2.24) is 5.32 Å². The average molecular weight is 286 g/mol. The topological polar surface area (TPSA) is 32.3 Å². The maximum absolute atomic E-state index is 13.0. The molecular weight excluding hydrogens is 274 g/mol. The Balaban J connectivity index is 2.96. The van der Waals surface area contributed by atoms with E-state index in [2.05, 4.69) is 5.32 Å².